The second-order valence-electron chi connectivity index (χ2n) is 3.99. The highest BCUT2D eigenvalue weighted by atomic mass is 32.2. The van der Waals surface area contributed by atoms with Crippen molar-refractivity contribution in [2.45, 2.75) is 18.7 Å². The van der Waals surface area contributed by atoms with Crippen molar-refractivity contribution < 1.29 is 22.7 Å². The molecule has 0 saturated carbocycles. The van der Waals surface area contributed by atoms with Crippen LogP contribution in [0.15, 0.2) is 17.0 Å². The summed E-state index contributed by atoms with van der Waals surface area (Å²) in [5.41, 5.74) is 1.10. The molecule has 19 heavy (non-hydrogen) atoms. The number of hydrogen-bond acceptors (Lipinski definition) is 5. The van der Waals surface area contributed by atoms with Crippen LogP contribution in [-0.2, 0) is 19.6 Å². The summed E-state index contributed by atoms with van der Waals surface area (Å²) in [4.78, 5) is 11.1. The molecule has 0 radical (unpaired) electrons. The molecular weight excluding hydrogens is 270 g/mol. The van der Waals surface area contributed by atoms with Crippen LogP contribution in [-0.4, -0.2) is 35.2 Å². The number of nitrogens with one attached hydrogen (secondary N) is 1. The Hall–Kier alpha value is -1.60. The summed E-state index contributed by atoms with van der Waals surface area (Å²) in [5, 5.41) is 0. The maximum Gasteiger partial charge on any atom is 0.320 e. The van der Waals surface area contributed by atoms with E-state index in [1.165, 1.54) is 14.2 Å². The van der Waals surface area contributed by atoms with E-state index < -0.39 is 22.5 Å². The van der Waals surface area contributed by atoms with Gasteiger partial charge in [-0.25, -0.2) is 8.42 Å². The molecule has 0 aliphatic carbocycles. The summed E-state index contributed by atoms with van der Waals surface area (Å²) < 4.78 is 35.9. The Labute approximate surface area is 112 Å². The number of rotatable bonds is 5. The summed E-state index contributed by atoms with van der Waals surface area (Å²) in [5.74, 6) is -0.0608. The van der Waals surface area contributed by atoms with Gasteiger partial charge in [-0.3, -0.25) is 4.79 Å². The quantitative estimate of drug-likeness (QED) is 0.809. The Morgan fingerprint density at radius 3 is 2.16 bits per heavy atom. The van der Waals surface area contributed by atoms with Crippen LogP contribution in [0.25, 0.3) is 0 Å². The monoisotopic (exact) mass is 287 g/mol. The van der Waals surface area contributed by atoms with Gasteiger partial charge in [-0.15, -0.1) is 0 Å². The molecular formula is C12H17NO5S. The summed E-state index contributed by atoms with van der Waals surface area (Å²) in [6.45, 7) is 2.94. The average molecular weight is 287 g/mol. The van der Waals surface area contributed by atoms with E-state index >= 15 is 0 Å². The molecule has 1 aromatic carbocycles. The molecule has 0 amide bonds. The van der Waals surface area contributed by atoms with Gasteiger partial charge in [0.1, 0.15) is 12.3 Å². The lowest BCUT2D eigenvalue weighted by Gasteiger charge is -2.13. The SMILES string of the molecule is COC(=O)CNS(=O)(=O)c1c(C)cc(OC)cc1C. The van der Waals surface area contributed by atoms with Crippen molar-refractivity contribution >= 4 is 16.0 Å². The highest BCUT2D eigenvalue weighted by molar-refractivity contribution is 7.89. The lowest BCUT2D eigenvalue weighted by Crippen LogP contribution is -2.31. The fraction of sp³-hybridized carbons (Fsp3) is 0.417. The first-order valence-electron chi connectivity index (χ1n) is 5.53. The zero-order chi connectivity index (χ0) is 14.6. The minimum absolute atomic E-state index is 0.150. The van der Waals surface area contributed by atoms with Crippen molar-refractivity contribution in [1.29, 1.82) is 0 Å². The Balaban J connectivity index is 3.11. The lowest BCUT2D eigenvalue weighted by molar-refractivity contribution is -0.139. The number of ether oxygens (including phenoxy) is 2. The number of methoxy groups -OCH3 is 2. The second kappa shape index (κ2) is 6.03. The third-order valence-electron chi connectivity index (χ3n) is 2.57. The molecule has 1 N–H and O–H groups in total. The van der Waals surface area contributed by atoms with Crippen LogP contribution in [0.4, 0.5) is 0 Å². The summed E-state index contributed by atoms with van der Waals surface area (Å²) in [6.07, 6.45) is 0. The molecule has 1 rings (SSSR count). The minimum atomic E-state index is -3.76. The van der Waals surface area contributed by atoms with Crippen LogP contribution in [0.5, 0.6) is 5.75 Å². The molecule has 0 atom stereocenters. The molecule has 0 aromatic heterocycles. The fourth-order valence-electron chi connectivity index (χ4n) is 1.75. The Bertz CT molecular complexity index is 557. The average Bonchev–Trinajstić information content (AvgIpc) is 2.34. The molecule has 0 aliphatic rings. The van der Waals surface area contributed by atoms with E-state index in [1.54, 1.807) is 26.0 Å². The summed E-state index contributed by atoms with van der Waals surface area (Å²) in [6, 6.07) is 3.25. The topological polar surface area (TPSA) is 81.7 Å². The van der Waals surface area contributed by atoms with Crippen LogP contribution in [0, 0.1) is 13.8 Å². The van der Waals surface area contributed by atoms with Gasteiger partial charge in [0, 0.05) is 0 Å². The van der Waals surface area contributed by atoms with Crippen molar-refractivity contribution in [2.75, 3.05) is 20.8 Å². The molecule has 7 heteroatoms. The number of hydrogen-bond donors (Lipinski definition) is 1. The Morgan fingerprint density at radius 2 is 1.74 bits per heavy atom. The lowest BCUT2D eigenvalue weighted by atomic mass is 10.1. The Morgan fingerprint density at radius 1 is 1.21 bits per heavy atom. The predicted octanol–water partition coefficient (Wildman–Crippen LogP) is 0.763. The van der Waals surface area contributed by atoms with E-state index in [2.05, 4.69) is 9.46 Å². The molecule has 0 unspecified atom stereocenters. The number of sulfonamides is 1. The van der Waals surface area contributed by atoms with E-state index in [9.17, 15) is 13.2 Å². The largest absolute Gasteiger partial charge is 0.497 e. The first-order valence-corrected chi connectivity index (χ1v) is 7.02. The van der Waals surface area contributed by atoms with E-state index in [0.717, 1.165) is 0 Å². The molecule has 0 bridgehead atoms. The molecule has 0 aliphatic heterocycles. The molecule has 6 nitrogen and oxygen atoms in total. The van der Waals surface area contributed by atoms with Crippen LogP contribution >= 0.6 is 0 Å². The van der Waals surface area contributed by atoms with Crippen LogP contribution in [0.1, 0.15) is 11.1 Å². The van der Waals surface area contributed by atoms with Crippen molar-refractivity contribution in [3.8, 4) is 5.75 Å². The maximum atomic E-state index is 12.1. The van der Waals surface area contributed by atoms with E-state index in [0.29, 0.717) is 16.9 Å². The number of carbonyl (C=O) groups is 1. The van der Waals surface area contributed by atoms with E-state index in [1.807, 2.05) is 0 Å². The van der Waals surface area contributed by atoms with Gasteiger partial charge < -0.3 is 9.47 Å². The third-order valence-corrected chi connectivity index (χ3v) is 4.28. The molecule has 106 valence electrons. The van der Waals surface area contributed by atoms with Crippen LogP contribution in [0.3, 0.4) is 0 Å². The molecule has 0 fully saturated rings. The first kappa shape index (κ1) is 15.5. The first-order chi connectivity index (χ1) is 8.81. The summed E-state index contributed by atoms with van der Waals surface area (Å²) in [7, 11) is -1.05. The van der Waals surface area contributed by atoms with Crippen molar-refractivity contribution in [1.82, 2.24) is 4.72 Å². The molecule has 0 heterocycles. The van der Waals surface area contributed by atoms with E-state index in [4.69, 9.17) is 4.74 Å². The zero-order valence-corrected chi connectivity index (χ0v) is 12.1. The third kappa shape index (κ3) is 3.68. The van der Waals surface area contributed by atoms with Crippen LogP contribution in [0.2, 0.25) is 0 Å². The minimum Gasteiger partial charge on any atom is -0.497 e. The number of esters is 1. The van der Waals surface area contributed by atoms with Gasteiger partial charge in [-0.05, 0) is 37.1 Å². The predicted molar refractivity (Wildman–Crippen MR) is 69.7 cm³/mol. The van der Waals surface area contributed by atoms with E-state index in [-0.39, 0.29) is 4.90 Å². The van der Waals surface area contributed by atoms with Gasteiger partial charge in [0.05, 0.1) is 19.1 Å². The number of aryl methyl sites for hydroxylation is 2. The van der Waals surface area contributed by atoms with Gasteiger partial charge in [-0.1, -0.05) is 0 Å². The standard InChI is InChI=1S/C12H17NO5S/c1-8-5-10(17-3)6-9(2)12(8)19(15,16)13-7-11(14)18-4/h5-6,13H,7H2,1-4H3. The van der Waals surface area contributed by atoms with Crippen molar-refractivity contribution in [2.24, 2.45) is 0 Å². The molecule has 0 spiro atoms. The zero-order valence-electron chi connectivity index (χ0n) is 11.3. The van der Waals surface area contributed by atoms with Gasteiger partial charge in [-0.2, -0.15) is 4.72 Å². The van der Waals surface area contributed by atoms with Gasteiger partial charge in [0.2, 0.25) is 10.0 Å². The highest BCUT2D eigenvalue weighted by Gasteiger charge is 2.21. The summed E-state index contributed by atoms with van der Waals surface area (Å²) >= 11 is 0. The number of benzene rings is 1. The second-order valence-corrected chi connectivity index (χ2v) is 5.69. The van der Waals surface area contributed by atoms with Crippen molar-refractivity contribution in [3.63, 3.8) is 0 Å². The maximum absolute atomic E-state index is 12.1. The van der Waals surface area contributed by atoms with Gasteiger partial charge in [0.15, 0.2) is 0 Å². The van der Waals surface area contributed by atoms with Crippen molar-refractivity contribution in [3.05, 3.63) is 23.3 Å². The normalized spacial score (nSPS) is 11.2. The van der Waals surface area contributed by atoms with Gasteiger partial charge >= 0.3 is 5.97 Å². The Kier molecular flexibility index (Phi) is 4.90. The number of carbonyl (C=O) groups excluding carboxylic acids is 1. The molecule has 1 aromatic rings. The smallest absolute Gasteiger partial charge is 0.320 e. The van der Waals surface area contributed by atoms with Crippen LogP contribution < -0.4 is 9.46 Å². The van der Waals surface area contributed by atoms with Gasteiger partial charge in [0.25, 0.3) is 0 Å². The highest BCUT2D eigenvalue weighted by Crippen LogP contribution is 2.25. The fourth-order valence-corrected chi connectivity index (χ4v) is 3.17. The molecule has 0 saturated heterocycles.